The molecule has 6 N–H and O–H groups in total. The molecule has 0 aliphatic heterocycles. The summed E-state index contributed by atoms with van der Waals surface area (Å²) < 4.78 is 0. The number of hydrogen-bond donors (Lipinski definition) is 4. The Hall–Kier alpha value is -0.580. The van der Waals surface area contributed by atoms with Crippen LogP contribution in [-0.4, -0.2) is 6.04 Å². The van der Waals surface area contributed by atoms with E-state index in [0.29, 0.717) is 5.70 Å². The van der Waals surface area contributed by atoms with Crippen LogP contribution in [0.4, 0.5) is 0 Å². The molecule has 0 amide bonds. The maximum Gasteiger partial charge on any atom is 0.0586 e. The fourth-order valence-corrected chi connectivity index (χ4v) is 0.226. The van der Waals surface area contributed by atoms with Gasteiger partial charge in [0.05, 0.1) is 6.04 Å². The van der Waals surface area contributed by atoms with Crippen molar-refractivity contribution in [1.29, 1.82) is 0 Å². The van der Waals surface area contributed by atoms with Crippen molar-refractivity contribution in [2.24, 2.45) is 11.7 Å². The maximum absolute atomic E-state index is 5.04. The van der Waals surface area contributed by atoms with Gasteiger partial charge in [0.2, 0.25) is 0 Å². The first kappa shape index (κ1) is 7.42. The fraction of sp³-hybridized carbons (Fsp3) is 0.500. The third-order valence-corrected chi connectivity index (χ3v) is 0.958. The molecule has 0 aromatic carbocycles. The summed E-state index contributed by atoms with van der Waals surface area (Å²) in [5.74, 6) is 10.0. The van der Waals surface area contributed by atoms with Crippen LogP contribution in [0.3, 0.4) is 0 Å². The zero-order chi connectivity index (χ0) is 6.57. The lowest BCUT2D eigenvalue weighted by molar-refractivity contribution is 0.599. The van der Waals surface area contributed by atoms with Gasteiger partial charge in [0, 0.05) is 5.70 Å². The largest absolute Gasteiger partial charge is 0.327 e. The van der Waals surface area contributed by atoms with Crippen LogP contribution in [0, 0.1) is 0 Å². The van der Waals surface area contributed by atoms with Crippen molar-refractivity contribution in [2.45, 2.75) is 13.0 Å². The Balaban J connectivity index is 3.46. The SMILES string of the molecule is C=C(NN)C(C)NN. The highest BCUT2D eigenvalue weighted by Crippen LogP contribution is 1.87. The molecule has 0 spiro atoms. The minimum absolute atomic E-state index is 0.0139. The highest BCUT2D eigenvalue weighted by Gasteiger charge is 1.98. The molecule has 48 valence electrons. The highest BCUT2D eigenvalue weighted by molar-refractivity contribution is 4.97. The second-order valence-electron chi connectivity index (χ2n) is 1.56. The number of nitrogens with one attached hydrogen (secondary N) is 2. The van der Waals surface area contributed by atoms with Crippen LogP contribution in [0.2, 0.25) is 0 Å². The fourth-order valence-electron chi connectivity index (χ4n) is 0.226. The van der Waals surface area contributed by atoms with E-state index in [9.17, 15) is 0 Å². The Morgan fingerprint density at radius 2 is 2.12 bits per heavy atom. The van der Waals surface area contributed by atoms with Crippen LogP contribution in [0.1, 0.15) is 6.92 Å². The van der Waals surface area contributed by atoms with Gasteiger partial charge in [-0.1, -0.05) is 6.58 Å². The Bertz CT molecular complexity index is 80.1. The molecular formula is C4H12N4. The normalized spacial score (nSPS) is 12.9. The van der Waals surface area contributed by atoms with Crippen LogP contribution >= 0.6 is 0 Å². The zero-order valence-electron chi connectivity index (χ0n) is 4.94. The summed E-state index contributed by atoms with van der Waals surface area (Å²) in [5, 5.41) is 0. The molecule has 0 saturated carbocycles. The molecule has 0 radical (unpaired) electrons. The van der Waals surface area contributed by atoms with E-state index < -0.39 is 0 Å². The van der Waals surface area contributed by atoms with Gasteiger partial charge in [-0.3, -0.25) is 17.1 Å². The molecule has 0 saturated heterocycles. The third-order valence-electron chi connectivity index (χ3n) is 0.958. The summed E-state index contributed by atoms with van der Waals surface area (Å²) in [6.45, 7) is 5.41. The van der Waals surface area contributed by atoms with E-state index in [4.69, 9.17) is 11.7 Å². The minimum Gasteiger partial charge on any atom is -0.327 e. The van der Waals surface area contributed by atoms with E-state index in [1.807, 2.05) is 6.92 Å². The van der Waals surface area contributed by atoms with Crippen molar-refractivity contribution < 1.29 is 0 Å². The van der Waals surface area contributed by atoms with Crippen molar-refractivity contribution in [3.05, 3.63) is 12.3 Å². The lowest BCUT2D eigenvalue weighted by atomic mass is 10.3. The van der Waals surface area contributed by atoms with Gasteiger partial charge in [-0.05, 0) is 6.92 Å². The highest BCUT2D eigenvalue weighted by atomic mass is 15.3. The van der Waals surface area contributed by atoms with E-state index in [-0.39, 0.29) is 6.04 Å². The van der Waals surface area contributed by atoms with Crippen molar-refractivity contribution >= 4 is 0 Å². The first-order valence-electron chi connectivity index (χ1n) is 2.34. The van der Waals surface area contributed by atoms with Gasteiger partial charge >= 0.3 is 0 Å². The van der Waals surface area contributed by atoms with Gasteiger partial charge in [-0.25, -0.2) is 0 Å². The van der Waals surface area contributed by atoms with E-state index >= 15 is 0 Å². The lowest BCUT2D eigenvalue weighted by Crippen LogP contribution is -2.40. The molecule has 0 aliphatic rings. The number of hydrogen-bond acceptors (Lipinski definition) is 4. The molecular weight excluding hydrogens is 104 g/mol. The van der Waals surface area contributed by atoms with Crippen molar-refractivity contribution in [3.63, 3.8) is 0 Å². The van der Waals surface area contributed by atoms with Crippen LogP contribution in [-0.2, 0) is 0 Å². The van der Waals surface area contributed by atoms with Gasteiger partial charge in [0.1, 0.15) is 0 Å². The monoisotopic (exact) mass is 116 g/mol. The standard InChI is InChI=1S/C4H12N4/c1-3(7-5)4(2)8-6/h4,7-8H,1,5-6H2,2H3. The molecule has 1 atom stereocenters. The van der Waals surface area contributed by atoms with E-state index in [2.05, 4.69) is 17.4 Å². The second kappa shape index (κ2) is 3.43. The zero-order valence-corrected chi connectivity index (χ0v) is 4.94. The number of nitrogens with two attached hydrogens (primary N) is 2. The summed E-state index contributed by atoms with van der Waals surface area (Å²) in [5.41, 5.74) is 5.53. The Morgan fingerprint density at radius 1 is 1.62 bits per heavy atom. The van der Waals surface area contributed by atoms with Gasteiger partial charge in [0.25, 0.3) is 0 Å². The molecule has 0 heterocycles. The molecule has 4 heteroatoms. The summed E-state index contributed by atoms with van der Waals surface area (Å²) in [6.07, 6.45) is 0. The Labute approximate surface area is 48.9 Å². The Kier molecular flexibility index (Phi) is 3.18. The predicted octanol–water partition coefficient (Wildman–Crippen LogP) is -1.18. The molecule has 0 aromatic rings. The van der Waals surface area contributed by atoms with Gasteiger partial charge in [-0.15, -0.1) is 0 Å². The summed E-state index contributed by atoms with van der Waals surface area (Å²) >= 11 is 0. The minimum atomic E-state index is 0.0139. The average molecular weight is 116 g/mol. The van der Waals surface area contributed by atoms with Crippen LogP contribution in [0.15, 0.2) is 12.3 Å². The molecule has 4 nitrogen and oxygen atoms in total. The predicted molar refractivity (Wildman–Crippen MR) is 33.2 cm³/mol. The lowest BCUT2D eigenvalue weighted by Gasteiger charge is -2.11. The molecule has 0 aliphatic carbocycles. The van der Waals surface area contributed by atoms with E-state index in [1.165, 1.54) is 0 Å². The molecule has 0 rings (SSSR count). The van der Waals surface area contributed by atoms with Crippen molar-refractivity contribution in [1.82, 2.24) is 10.9 Å². The summed E-state index contributed by atoms with van der Waals surface area (Å²) in [6, 6.07) is 0.0139. The van der Waals surface area contributed by atoms with Gasteiger partial charge in [0.15, 0.2) is 0 Å². The van der Waals surface area contributed by atoms with E-state index in [1.54, 1.807) is 0 Å². The topological polar surface area (TPSA) is 76.1 Å². The summed E-state index contributed by atoms with van der Waals surface area (Å²) in [4.78, 5) is 0. The quantitative estimate of drug-likeness (QED) is 0.276. The molecule has 8 heavy (non-hydrogen) atoms. The molecule has 0 fully saturated rings. The third kappa shape index (κ3) is 1.92. The van der Waals surface area contributed by atoms with Crippen LogP contribution in [0.25, 0.3) is 0 Å². The molecule has 1 unspecified atom stereocenters. The van der Waals surface area contributed by atoms with Crippen molar-refractivity contribution in [2.75, 3.05) is 0 Å². The van der Waals surface area contributed by atoms with Gasteiger partial charge in [-0.2, -0.15) is 0 Å². The first-order chi connectivity index (χ1) is 3.72. The molecule has 0 bridgehead atoms. The molecule has 0 aromatic heterocycles. The second-order valence-corrected chi connectivity index (χ2v) is 1.56. The summed E-state index contributed by atoms with van der Waals surface area (Å²) in [7, 11) is 0. The smallest absolute Gasteiger partial charge is 0.0586 e. The maximum atomic E-state index is 5.04. The van der Waals surface area contributed by atoms with Crippen LogP contribution < -0.4 is 22.5 Å². The Morgan fingerprint density at radius 3 is 2.25 bits per heavy atom. The van der Waals surface area contributed by atoms with E-state index in [0.717, 1.165) is 0 Å². The van der Waals surface area contributed by atoms with Crippen LogP contribution in [0.5, 0.6) is 0 Å². The number of hydrazine groups is 2. The first-order valence-corrected chi connectivity index (χ1v) is 2.34. The number of rotatable bonds is 3. The average Bonchev–Trinajstić information content (AvgIpc) is 1.84. The van der Waals surface area contributed by atoms with Crippen molar-refractivity contribution in [3.8, 4) is 0 Å². The van der Waals surface area contributed by atoms with Gasteiger partial charge < -0.3 is 5.43 Å².